The number of hydrogen-bond donors (Lipinski definition) is 1. The average molecular weight is 441 g/mol. The normalized spacial score (nSPS) is 10.9. The van der Waals surface area contributed by atoms with Crippen molar-refractivity contribution in [3.63, 3.8) is 0 Å². The van der Waals surface area contributed by atoms with E-state index in [0.717, 1.165) is 22.1 Å². The van der Waals surface area contributed by atoms with Crippen LogP contribution in [0.25, 0.3) is 10.8 Å². The monoisotopic (exact) mass is 441 g/mol. The summed E-state index contributed by atoms with van der Waals surface area (Å²) in [6.07, 6.45) is 3.25. The van der Waals surface area contributed by atoms with Crippen molar-refractivity contribution in [1.29, 1.82) is 0 Å². The zero-order chi connectivity index (χ0) is 22.6. The molecule has 164 valence electrons. The van der Waals surface area contributed by atoms with Crippen molar-refractivity contribution in [2.24, 2.45) is 0 Å². The fourth-order valence-corrected chi connectivity index (χ4v) is 3.53. The van der Waals surface area contributed by atoms with Crippen molar-refractivity contribution >= 4 is 22.4 Å². The molecule has 33 heavy (non-hydrogen) atoms. The van der Waals surface area contributed by atoms with Crippen LogP contribution in [0, 0.1) is 5.82 Å². The molecule has 0 spiro atoms. The van der Waals surface area contributed by atoms with Crippen molar-refractivity contribution in [3.05, 3.63) is 114 Å². The summed E-state index contributed by atoms with van der Waals surface area (Å²) in [6, 6.07) is 23.4. The highest BCUT2D eigenvalue weighted by atomic mass is 19.1. The van der Waals surface area contributed by atoms with Gasteiger partial charge in [0.1, 0.15) is 23.9 Å². The molecule has 5 rings (SSSR count). The Balaban J connectivity index is 1.20. The summed E-state index contributed by atoms with van der Waals surface area (Å²) in [5.41, 5.74) is 1.44. The molecule has 2 aromatic heterocycles. The van der Waals surface area contributed by atoms with Crippen LogP contribution in [0.4, 0.5) is 10.1 Å². The van der Waals surface area contributed by atoms with Crippen LogP contribution in [-0.2, 0) is 13.2 Å². The molecule has 6 nitrogen and oxygen atoms in total. The van der Waals surface area contributed by atoms with Gasteiger partial charge < -0.3 is 14.5 Å². The third kappa shape index (κ3) is 4.77. The van der Waals surface area contributed by atoms with Crippen LogP contribution in [0.2, 0.25) is 0 Å². The highest BCUT2D eigenvalue weighted by Gasteiger charge is 2.13. The van der Waals surface area contributed by atoms with Gasteiger partial charge >= 0.3 is 0 Å². The third-order valence-electron chi connectivity index (χ3n) is 5.15. The minimum atomic E-state index is -0.382. The van der Waals surface area contributed by atoms with Gasteiger partial charge in [-0.05, 0) is 41.3 Å². The molecule has 0 radical (unpaired) electrons. The minimum Gasteiger partial charge on any atom is -0.485 e. The highest BCUT2D eigenvalue weighted by Crippen LogP contribution is 2.26. The van der Waals surface area contributed by atoms with Gasteiger partial charge in [0, 0.05) is 11.6 Å². The molecule has 3 aromatic carbocycles. The Morgan fingerprint density at radius 2 is 1.82 bits per heavy atom. The lowest BCUT2D eigenvalue weighted by atomic mass is 10.1. The molecule has 7 heteroatoms. The summed E-state index contributed by atoms with van der Waals surface area (Å²) in [6.45, 7) is 0.670. The van der Waals surface area contributed by atoms with Crippen LogP contribution in [-0.4, -0.2) is 15.7 Å². The SMILES string of the molecule is O=C(Nc1cnn(Cc2ccc(F)cc2)c1)c1ccc(COc2cccc3ccccc23)o1. The van der Waals surface area contributed by atoms with E-state index in [2.05, 4.69) is 10.4 Å². The maximum absolute atomic E-state index is 13.0. The van der Waals surface area contributed by atoms with Crippen LogP contribution < -0.4 is 10.1 Å². The van der Waals surface area contributed by atoms with Crippen molar-refractivity contribution in [2.75, 3.05) is 5.32 Å². The molecule has 0 saturated carbocycles. The minimum absolute atomic E-state index is 0.179. The van der Waals surface area contributed by atoms with Crippen LogP contribution in [0.3, 0.4) is 0 Å². The van der Waals surface area contributed by atoms with E-state index >= 15 is 0 Å². The van der Waals surface area contributed by atoms with Gasteiger partial charge in [-0.25, -0.2) is 4.39 Å². The van der Waals surface area contributed by atoms with E-state index in [1.807, 2.05) is 42.5 Å². The summed E-state index contributed by atoms with van der Waals surface area (Å²) < 4.78 is 26.3. The summed E-state index contributed by atoms with van der Waals surface area (Å²) in [4.78, 5) is 12.6. The molecule has 0 unspecified atom stereocenters. The number of carbonyl (C=O) groups is 1. The zero-order valence-corrected chi connectivity index (χ0v) is 17.6. The van der Waals surface area contributed by atoms with Gasteiger partial charge in [0.2, 0.25) is 0 Å². The zero-order valence-electron chi connectivity index (χ0n) is 17.6. The summed E-state index contributed by atoms with van der Waals surface area (Å²) in [5.74, 6) is 0.808. The lowest BCUT2D eigenvalue weighted by molar-refractivity contribution is 0.0992. The van der Waals surface area contributed by atoms with Crippen molar-refractivity contribution in [3.8, 4) is 5.75 Å². The van der Waals surface area contributed by atoms with E-state index in [-0.39, 0.29) is 24.1 Å². The molecule has 0 saturated heterocycles. The number of rotatable bonds is 7. The van der Waals surface area contributed by atoms with Crippen LogP contribution >= 0.6 is 0 Å². The Hall–Kier alpha value is -4.39. The Labute approximate surface area is 189 Å². The number of ether oxygens (including phenoxy) is 1. The fourth-order valence-electron chi connectivity index (χ4n) is 3.53. The second-order valence-electron chi connectivity index (χ2n) is 7.54. The topological polar surface area (TPSA) is 69.3 Å². The molecular formula is C26H20FN3O3. The number of hydrogen-bond acceptors (Lipinski definition) is 4. The van der Waals surface area contributed by atoms with Gasteiger partial charge in [-0.3, -0.25) is 9.48 Å². The number of fused-ring (bicyclic) bond motifs is 1. The predicted octanol–water partition coefficient (Wildman–Crippen LogP) is 5.65. The lowest BCUT2D eigenvalue weighted by Crippen LogP contribution is -2.10. The molecular weight excluding hydrogens is 421 g/mol. The number of nitrogens with zero attached hydrogens (tertiary/aromatic N) is 2. The molecule has 2 heterocycles. The van der Waals surface area contributed by atoms with E-state index in [1.165, 1.54) is 12.1 Å². The van der Waals surface area contributed by atoms with Gasteiger partial charge in [-0.1, -0.05) is 48.5 Å². The molecule has 0 aliphatic rings. The van der Waals surface area contributed by atoms with E-state index in [9.17, 15) is 9.18 Å². The number of amides is 1. The standard InChI is InChI=1S/C26H20FN3O3/c27-20-10-8-18(9-11-20)15-30-16-21(14-28-30)29-26(31)25-13-12-22(33-25)17-32-24-7-3-5-19-4-1-2-6-23(19)24/h1-14,16H,15,17H2,(H,29,31). The Kier molecular flexibility index (Phi) is 5.59. The average Bonchev–Trinajstić information content (AvgIpc) is 3.49. The van der Waals surface area contributed by atoms with E-state index in [1.54, 1.807) is 41.3 Å². The first-order chi connectivity index (χ1) is 16.1. The fraction of sp³-hybridized carbons (Fsp3) is 0.0769. The van der Waals surface area contributed by atoms with Crippen molar-refractivity contribution in [2.45, 2.75) is 13.2 Å². The first-order valence-corrected chi connectivity index (χ1v) is 10.4. The summed E-state index contributed by atoms with van der Waals surface area (Å²) >= 11 is 0. The van der Waals surface area contributed by atoms with Gasteiger partial charge in [0.25, 0.3) is 5.91 Å². The van der Waals surface area contributed by atoms with Crippen molar-refractivity contribution < 1.29 is 18.3 Å². The quantitative estimate of drug-likeness (QED) is 0.354. The number of furan rings is 1. The number of carbonyl (C=O) groups excluding carboxylic acids is 1. The number of halogens is 1. The lowest BCUT2D eigenvalue weighted by Gasteiger charge is -2.07. The number of aromatic nitrogens is 2. The Bertz CT molecular complexity index is 1400. The Morgan fingerprint density at radius 3 is 2.70 bits per heavy atom. The molecule has 0 fully saturated rings. The van der Waals surface area contributed by atoms with Gasteiger partial charge in [0.15, 0.2) is 5.76 Å². The molecule has 1 N–H and O–H groups in total. The maximum Gasteiger partial charge on any atom is 0.291 e. The first kappa shape index (κ1) is 20.5. The van der Waals surface area contributed by atoms with Gasteiger partial charge in [-0.15, -0.1) is 0 Å². The van der Waals surface area contributed by atoms with Crippen LogP contribution in [0.1, 0.15) is 21.9 Å². The van der Waals surface area contributed by atoms with Gasteiger partial charge in [0.05, 0.1) is 18.4 Å². The van der Waals surface area contributed by atoms with Crippen LogP contribution in [0.5, 0.6) is 5.75 Å². The van der Waals surface area contributed by atoms with E-state index in [0.29, 0.717) is 18.0 Å². The van der Waals surface area contributed by atoms with Crippen molar-refractivity contribution in [1.82, 2.24) is 9.78 Å². The van der Waals surface area contributed by atoms with E-state index in [4.69, 9.17) is 9.15 Å². The van der Waals surface area contributed by atoms with E-state index < -0.39 is 0 Å². The second-order valence-corrected chi connectivity index (χ2v) is 7.54. The number of benzene rings is 3. The molecule has 0 atom stereocenters. The third-order valence-corrected chi connectivity index (χ3v) is 5.15. The molecule has 0 bridgehead atoms. The maximum atomic E-state index is 13.0. The van der Waals surface area contributed by atoms with Gasteiger partial charge in [-0.2, -0.15) is 5.10 Å². The number of anilines is 1. The molecule has 1 amide bonds. The molecule has 0 aliphatic carbocycles. The highest BCUT2D eigenvalue weighted by molar-refractivity contribution is 6.02. The number of nitrogens with one attached hydrogen (secondary N) is 1. The van der Waals surface area contributed by atoms with Crippen LogP contribution in [0.15, 0.2) is 95.7 Å². The summed E-state index contributed by atoms with van der Waals surface area (Å²) in [7, 11) is 0. The predicted molar refractivity (Wildman–Crippen MR) is 123 cm³/mol. The largest absolute Gasteiger partial charge is 0.485 e. The molecule has 5 aromatic rings. The second kappa shape index (κ2) is 9.00. The summed E-state index contributed by atoms with van der Waals surface area (Å²) in [5, 5.41) is 9.11. The smallest absolute Gasteiger partial charge is 0.291 e. The Morgan fingerprint density at radius 1 is 1.00 bits per heavy atom. The molecule has 0 aliphatic heterocycles. The first-order valence-electron chi connectivity index (χ1n) is 10.4.